The molecule has 0 aliphatic carbocycles. The Hall–Kier alpha value is -1.38. The van der Waals surface area contributed by atoms with Crippen molar-refractivity contribution in [2.24, 2.45) is 0 Å². The van der Waals surface area contributed by atoms with Crippen LogP contribution in [0.25, 0.3) is 11.0 Å². The molecule has 0 saturated carbocycles. The van der Waals surface area contributed by atoms with Gasteiger partial charge in [0.25, 0.3) is 0 Å². The molecular weight excluding hydrogens is 174 g/mol. The first-order valence-electron chi connectivity index (χ1n) is 5.19. The van der Waals surface area contributed by atoms with Crippen LogP contribution < -0.4 is 0 Å². The number of rotatable bonds is 4. The third kappa shape index (κ3) is 1.92. The second kappa shape index (κ2) is 4.22. The van der Waals surface area contributed by atoms with E-state index in [0.717, 1.165) is 23.1 Å². The summed E-state index contributed by atoms with van der Waals surface area (Å²) in [5.41, 5.74) is 2.06. The molecule has 0 saturated heterocycles. The van der Waals surface area contributed by atoms with Gasteiger partial charge in [-0.3, -0.25) is 5.10 Å². The molecule has 2 rings (SSSR count). The summed E-state index contributed by atoms with van der Waals surface area (Å²) in [6, 6.07) is 4.17. The molecular formula is C11H15N3. The van der Waals surface area contributed by atoms with Gasteiger partial charge in [0.05, 0.1) is 6.20 Å². The van der Waals surface area contributed by atoms with Gasteiger partial charge in [0, 0.05) is 11.1 Å². The maximum atomic E-state index is 4.49. The predicted octanol–water partition coefficient (Wildman–Crippen LogP) is 2.69. The fourth-order valence-corrected chi connectivity index (χ4v) is 1.56. The van der Waals surface area contributed by atoms with Crippen LogP contribution in [0, 0.1) is 0 Å². The van der Waals surface area contributed by atoms with Crippen molar-refractivity contribution in [2.75, 3.05) is 0 Å². The molecule has 0 spiro atoms. The number of hydrogen-bond acceptors (Lipinski definition) is 2. The first-order valence-corrected chi connectivity index (χ1v) is 5.19. The molecule has 14 heavy (non-hydrogen) atoms. The van der Waals surface area contributed by atoms with Crippen LogP contribution in [0.3, 0.4) is 0 Å². The lowest BCUT2D eigenvalue weighted by Gasteiger charge is -1.99. The fraction of sp³-hybridized carbons (Fsp3) is 0.455. The summed E-state index contributed by atoms with van der Waals surface area (Å²) < 4.78 is 0. The van der Waals surface area contributed by atoms with Gasteiger partial charge in [-0.25, -0.2) is 4.98 Å². The minimum Gasteiger partial charge on any atom is -0.261 e. The zero-order chi connectivity index (χ0) is 9.80. The van der Waals surface area contributed by atoms with E-state index in [1.165, 1.54) is 19.3 Å². The second-order valence-electron chi connectivity index (χ2n) is 3.57. The van der Waals surface area contributed by atoms with Crippen LogP contribution in [0.2, 0.25) is 0 Å². The lowest BCUT2D eigenvalue weighted by atomic mass is 10.1. The van der Waals surface area contributed by atoms with E-state index in [1.807, 2.05) is 0 Å². The van der Waals surface area contributed by atoms with Gasteiger partial charge in [0.1, 0.15) is 0 Å². The molecule has 0 bridgehead atoms. The Labute approximate surface area is 83.6 Å². The van der Waals surface area contributed by atoms with E-state index in [4.69, 9.17) is 0 Å². The van der Waals surface area contributed by atoms with Crippen molar-refractivity contribution in [1.29, 1.82) is 0 Å². The number of aryl methyl sites for hydroxylation is 1. The molecule has 0 radical (unpaired) electrons. The number of nitrogens with zero attached hydrogens (tertiary/aromatic N) is 2. The number of unbranched alkanes of at least 4 members (excludes halogenated alkanes) is 2. The number of H-pyrrole nitrogens is 1. The lowest BCUT2D eigenvalue weighted by molar-refractivity contribution is 0.708. The van der Waals surface area contributed by atoms with E-state index < -0.39 is 0 Å². The molecule has 0 aromatic carbocycles. The Balaban J connectivity index is 2.10. The molecule has 3 nitrogen and oxygen atoms in total. The summed E-state index contributed by atoms with van der Waals surface area (Å²) >= 11 is 0. The summed E-state index contributed by atoms with van der Waals surface area (Å²) in [6.45, 7) is 2.21. The summed E-state index contributed by atoms with van der Waals surface area (Å²) in [5, 5.41) is 7.93. The largest absolute Gasteiger partial charge is 0.261 e. The van der Waals surface area contributed by atoms with Crippen molar-refractivity contribution >= 4 is 11.0 Å². The van der Waals surface area contributed by atoms with Gasteiger partial charge in [0.15, 0.2) is 5.65 Å². The normalized spacial score (nSPS) is 10.9. The molecule has 0 aliphatic rings. The zero-order valence-electron chi connectivity index (χ0n) is 8.45. The molecule has 0 aliphatic heterocycles. The van der Waals surface area contributed by atoms with Crippen LogP contribution in [-0.4, -0.2) is 15.2 Å². The van der Waals surface area contributed by atoms with E-state index in [2.05, 4.69) is 34.2 Å². The first-order chi connectivity index (χ1) is 6.90. The minimum atomic E-state index is 0.902. The highest BCUT2D eigenvalue weighted by Crippen LogP contribution is 2.10. The van der Waals surface area contributed by atoms with Crippen molar-refractivity contribution in [3.63, 3.8) is 0 Å². The van der Waals surface area contributed by atoms with Crippen molar-refractivity contribution in [3.8, 4) is 0 Å². The van der Waals surface area contributed by atoms with Crippen LogP contribution in [0.5, 0.6) is 0 Å². The number of pyridine rings is 1. The average molecular weight is 189 g/mol. The molecule has 0 amide bonds. The topological polar surface area (TPSA) is 41.6 Å². The summed E-state index contributed by atoms with van der Waals surface area (Å²) in [5.74, 6) is 0. The van der Waals surface area contributed by atoms with Crippen molar-refractivity contribution in [1.82, 2.24) is 15.2 Å². The molecule has 74 valence electrons. The van der Waals surface area contributed by atoms with Crippen molar-refractivity contribution < 1.29 is 0 Å². The maximum Gasteiger partial charge on any atom is 0.155 e. The van der Waals surface area contributed by atoms with Gasteiger partial charge in [-0.2, -0.15) is 5.10 Å². The van der Waals surface area contributed by atoms with Gasteiger partial charge >= 0.3 is 0 Å². The van der Waals surface area contributed by atoms with Crippen LogP contribution >= 0.6 is 0 Å². The fourth-order valence-electron chi connectivity index (χ4n) is 1.56. The van der Waals surface area contributed by atoms with Crippen LogP contribution in [0.1, 0.15) is 31.9 Å². The van der Waals surface area contributed by atoms with E-state index >= 15 is 0 Å². The van der Waals surface area contributed by atoms with E-state index in [-0.39, 0.29) is 0 Å². The third-order valence-corrected chi connectivity index (χ3v) is 2.39. The first kappa shape index (κ1) is 9.19. The Morgan fingerprint density at radius 3 is 3.07 bits per heavy atom. The van der Waals surface area contributed by atoms with Crippen LogP contribution in [0.4, 0.5) is 0 Å². The van der Waals surface area contributed by atoms with E-state index in [0.29, 0.717) is 0 Å². The molecule has 2 aromatic rings. The van der Waals surface area contributed by atoms with Crippen molar-refractivity contribution in [2.45, 2.75) is 32.6 Å². The molecule has 0 atom stereocenters. The zero-order valence-corrected chi connectivity index (χ0v) is 8.45. The Bertz CT molecular complexity index is 406. The number of nitrogens with one attached hydrogen (secondary N) is 1. The maximum absolute atomic E-state index is 4.49. The molecule has 3 heteroatoms. The Morgan fingerprint density at radius 2 is 2.21 bits per heavy atom. The Morgan fingerprint density at radius 1 is 1.29 bits per heavy atom. The molecule has 0 unspecified atom stereocenters. The summed E-state index contributed by atoms with van der Waals surface area (Å²) in [6.07, 6.45) is 6.64. The average Bonchev–Trinajstić information content (AvgIpc) is 2.65. The molecule has 2 heterocycles. The van der Waals surface area contributed by atoms with Crippen LogP contribution in [0.15, 0.2) is 18.3 Å². The summed E-state index contributed by atoms with van der Waals surface area (Å²) in [4.78, 5) is 4.49. The van der Waals surface area contributed by atoms with E-state index in [9.17, 15) is 0 Å². The molecule has 0 fully saturated rings. The molecule has 1 N–H and O–H groups in total. The van der Waals surface area contributed by atoms with Gasteiger partial charge in [-0.15, -0.1) is 0 Å². The van der Waals surface area contributed by atoms with Gasteiger partial charge < -0.3 is 0 Å². The SMILES string of the molecule is CCCCCc1ccc2cn[nH]c2n1. The number of aromatic nitrogens is 3. The van der Waals surface area contributed by atoms with Gasteiger partial charge in [-0.05, 0) is 25.0 Å². The smallest absolute Gasteiger partial charge is 0.155 e. The summed E-state index contributed by atoms with van der Waals surface area (Å²) in [7, 11) is 0. The Kier molecular flexibility index (Phi) is 2.77. The quantitative estimate of drug-likeness (QED) is 0.751. The lowest BCUT2D eigenvalue weighted by Crippen LogP contribution is -1.90. The van der Waals surface area contributed by atoms with Gasteiger partial charge in [0.2, 0.25) is 0 Å². The number of hydrogen-bond donors (Lipinski definition) is 1. The van der Waals surface area contributed by atoms with Crippen molar-refractivity contribution in [3.05, 3.63) is 24.0 Å². The highest BCUT2D eigenvalue weighted by atomic mass is 15.1. The van der Waals surface area contributed by atoms with E-state index in [1.54, 1.807) is 6.20 Å². The van der Waals surface area contributed by atoms with Crippen LogP contribution in [-0.2, 0) is 6.42 Å². The highest BCUT2D eigenvalue weighted by Gasteiger charge is 1.99. The monoisotopic (exact) mass is 189 g/mol. The molecule has 2 aromatic heterocycles. The third-order valence-electron chi connectivity index (χ3n) is 2.39. The highest BCUT2D eigenvalue weighted by molar-refractivity contribution is 5.73. The second-order valence-corrected chi connectivity index (χ2v) is 3.57. The minimum absolute atomic E-state index is 0.902. The van der Waals surface area contributed by atoms with Gasteiger partial charge in [-0.1, -0.05) is 19.8 Å². The standard InChI is InChI=1S/C11H15N3/c1-2-3-4-5-10-7-6-9-8-12-14-11(9)13-10/h6-8H,2-5H2,1H3,(H,12,13,14). The number of fused-ring (bicyclic) bond motifs is 1. The predicted molar refractivity (Wildman–Crippen MR) is 57.1 cm³/mol. The number of aromatic amines is 1.